The number of fused-ring (bicyclic) bond motifs is 1. The highest BCUT2D eigenvalue weighted by atomic mass is 16.5. The lowest BCUT2D eigenvalue weighted by atomic mass is 10.0. The van der Waals surface area contributed by atoms with E-state index >= 15 is 0 Å². The zero-order chi connectivity index (χ0) is 14.7. The summed E-state index contributed by atoms with van der Waals surface area (Å²) in [5.74, 6) is 0.683. The van der Waals surface area contributed by atoms with E-state index < -0.39 is 0 Å². The van der Waals surface area contributed by atoms with Crippen LogP contribution in [0.1, 0.15) is 32.4 Å². The standard InChI is InChI=1S/C17H26N2O2/c1-13(2)10-19-11-16(17-15(19)7-5-9-20-17)21-12-14-6-3-4-8-18-14/h3-4,6,8,13,15-17H,5,7,9-12H2,1-2H3/t15-,16+,17+/m1/s1. The third kappa shape index (κ3) is 3.62. The van der Waals surface area contributed by atoms with Crippen molar-refractivity contribution in [3.63, 3.8) is 0 Å². The number of hydrogen-bond acceptors (Lipinski definition) is 4. The van der Waals surface area contributed by atoms with Crippen molar-refractivity contribution in [3.05, 3.63) is 30.1 Å². The monoisotopic (exact) mass is 290 g/mol. The zero-order valence-corrected chi connectivity index (χ0v) is 13.1. The molecule has 3 heterocycles. The summed E-state index contributed by atoms with van der Waals surface area (Å²) < 4.78 is 12.2. The molecule has 21 heavy (non-hydrogen) atoms. The van der Waals surface area contributed by atoms with Gasteiger partial charge in [-0.1, -0.05) is 19.9 Å². The predicted molar refractivity (Wildman–Crippen MR) is 82.0 cm³/mol. The Balaban J connectivity index is 1.61. The fourth-order valence-corrected chi connectivity index (χ4v) is 3.51. The van der Waals surface area contributed by atoms with Gasteiger partial charge in [-0.05, 0) is 30.9 Å². The van der Waals surface area contributed by atoms with Crippen LogP contribution in [-0.2, 0) is 16.1 Å². The molecule has 2 aliphatic heterocycles. The number of hydrogen-bond donors (Lipinski definition) is 0. The molecular weight excluding hydrogens is 264 g/mol. The van der Waals surface area contributed by atoms with E-state index in [4.69, 9.17) is 9.47 Å². The van der Waals surface area contributed by atoms with Crippen molar-refractivity contribution in [2.24, 2.45) is 5.92 Å². The van der Waals surface area contributed by atoms with Crippen LogP contribution in [0.5, 0.6) is 0 Å². The molecule has 3 atom stereocenters. The van der Waals surface area contributed by atoms with Gasteiger partial charge in [0.15, 0.2) is 0 Å². The van der Waals surface area contributed by atoms with Crippen molar-refractivity contribution in [2.45, 2.75) is 51.5 Å². The number of pyridine rings is 1. The van der Waals surface area contributed by atoms with Gasteiger partial charge >= 0.3 is 0 Å². The van der Waals surface area contributed by atoms with Gasteiger partial charge in [0.25, 0.3) is 0 Å². The molecule has 0 spiro atoms. The van der Waals surface area contributed by atoms with Gasteiger partial charge in [-0.3, -0.25) is 9.88 Å². The summed E-state index contributed by atoms with van der Waals surface area (Å²) in [6.45, 7) is 8.13. The molecule has 0 N–H and O–H groups in total. The number of rotatable bonds is 5. The van der Waals surface area contributed by atoms with E-state index in [2.05, 4.69) is 23.7 Å². The summed E-state index contributed by atoms with van der Waals surface area (Å²) in [7, 11) is 0. The Morgan fingerprint density at radius 2 is 2.33 bits per heavy atom. The van der Waals surface area contributed by atoms with Gasteiger partial charge in [-0.25, -0.2) is 0 Å². The first kappa shape index (κ1) is 14.9. The molecule has 1 aromatic rings. The van der Waals surface area contributed by atoms with Crippen LogP contribution in [0, 0.1) is 5.92 Å². The highest BCUT2D eigenvalue weighted by molar-refractivity contribution is 5.03. The van der Waals surface area contributed by atoms with Crippen LogP contribution >= 0.6 is 0 Å². The van der Waals surface area contributed by atoms with Crippen molar-refractivity contribution >= 4 is 0 Å². The van der Waals surface area contributed by atoms with Crippen LogP contribution in [-0.4, -0.2) is 47.8 Å². The molecule has 0 aromatic carbocycles. The molecule has 116 valence electrons. The van der Waals surface area contributed by atoms with Crippen LogP contribution in [0.15, 0.2) is 24.4 Å². The summed E-state index contributed by atoms with van der Waals surface area (Å²) in [5.41, 5.74) is 0.993. The van der Waals surface area contributed by atoms with Crippen LogP contribution in [0.25, 0.3) is 0 Å². The van der Waals surface area contributed by atoms with Gasteiger partial charge in [0.2, 0.25) is 0 Å². The second kappa shape index (κ2) is 6.86. The molecule has 2 fully saturated rings. The molecule has 4 nitrogen and oxygen atoms in total. The topological polar surface area (TPSA) is 34.6 Å². The first-order valence-electron chi connectivity index (χ1n) is 8.11. The minimum atomic E-state index is 0.177. The van der Waals surface area contributed by atoms with Crippen LogP contribution in [0.4, 0.5) is 0 Å². The lowest BCUT2D eigenvalue weighted by Crippen LogP contribution is -2.42. The maximum absolute atomic E-state index is 6.14. The highest BCUT2D eigenvalue weighted by Gasteiger charge is 2.44. The summed E-state index contributed by atoms with van der Waals surface area (Å²) >= 11 is 0. The molecule has 4 heteroatoms. The lowest BCUT2D eigenvalue weighted by molar-refractivity contribution is -0.0823. The van der Waals surface area contributed by atoms with Crippen LogP contribution < -0.4 is 0 Å². The highest BCUT2D eigenvalue weighted by Crippen LogP contribution is 2.31. The van der Waals surface area contributed by atoms with Crippen molar-refractivity contribution < 1.29 is 9.47 Å². The summed E-state index contributed by atoms with van der Waals surface area (Å²) in [6.07, 6.45) is 4.64. The quantitative estimate of drug-likeness (QED) is 0.834. The molecule has 2 saturated heterocycles. The summed E-state index contributed by atoms with van der Waals surface area (Å²) in [5, 5.41) is 0. The van der Waals surface area contributed by atoms with Gasteiger partial charge in [-0.2, -0.15) is 0 Å². The van der Waals surface area contributed by atoms with Crippen molar-refractivity contribution in [1.82, 2.24) is 9.88 Å². The third-order valence-electron chi connectivity index (χ3n) is 4.35. The number of nitrogens with zero attached hydrogens (tertiary/aromatic N) is 2. The SMILES string of the molecule is CC(C)CN1C[C@H](OCc2ccccn2)[C@H]2OCCC[C@H]21. The van der Waals surface area contributed by atoms with Gasteiger partial charge in [-0.15, -0.1) is 0 Å². The molecule has 2 aliphatic rings. The molecule has 0 aliphatic carbocycles. The molecule has 0 unspecified atom stereocenters. The minimum absolute atomic E-state index is 0.177. The molecule has 0 radical (unpaired) electrons. The maximum atomic E-state index is 6.14. The van der Waals surface area contributed by atoms with E-state index in [0.29, 0.717) is 18.6 Å². The van der Waals surface area contributed by atoms with Crippen molar-refractivity contribution in [1.29, 1.82) is 0 Å². The van der Waals surface area contributed by atoms with E-state index in [1.165, 1.54) is 12.8 Å². The first-order valence-corrected chi connectivity index (χ1v) is 8.11. The minimum Gasteiger partial charge on any atom is -0.374 e. The normalized spacial score (nSPS) is 29.8. The molecule has 1 aromatic heterocycles. The maximum Gasteiger partial charge on any atom is 0.100 e. The number of likely N-dealkylation sites (tertiary alicyclic amines) is 1. The number of ether oxygens (including phenoxy) is 2. The van der Waals surface area contributed by atoms with Gasteiger partial charge in [0.05, 0.1) is 18.4 Å². The van der Waals surface area contributed by atoms with Gasteiger partial charge < -0.3 is 9.47 Å². The Bertz CT molecular complexity index is 438. The molecule has 0 bridgehead atoms. The predicted octanol–water partition coefficient (Wildman–Crippen LogP) is 2.49. The smallest absolute Gasteiger partial charge is 0.100 e. The van der Waals surface area contributed by atoms with E-state index in [9.17, 15) is 0 Å². The Kier molecular flexibility index (Phi) is 4.88. The molecule has 0 amide bonds. The fourth-order valence-electron chi connectivity index (χ4n) is 3.51. The van der Waals surface area contributed by atoms with E-state index in [1.54, 1.807) is 0 Å². The van der Waals surface area contributed by atoms with Crippen LogP contribution in [0.2, 0.25) is 0 Å². The fraction of sp³-hybridized carbons (Fsp3) is 0.706. The Morgan fingerprint density at radius 3 is 3.10 bits per heavy atom. The van der Waals surface area contributed by atoms with Gasteiger partial charge in [0.1, 0.15) is 6.10 Å². The molecule has 0 saturated carbocycles. The summed E-state index contributed by atoms with van der Waals surface area (Å²) in [4.78, 5) is 6.90. The third-order valence-corrected chi connectivity index (χ3v) is 4.35. The van der Waals surface area contributed by atoms with E-state index in [-0.39, 0.29) is 12.2 Å². The average molecular weight is 290 g/mol. The lowest BCUT2D eigenvalue weighted by Gasteiger charge is -2.32. The second-order valence-corrected chi connectivity index (χ2v) is 6.56. The van der Waals surface area contributed by atoms with Crippen molar-refractivity contribution in [2.75, 3.05) is 19.7 Å². The van der Waals surface area contributed by atoms with Gasteiger partial charge in [0, 0.05) is 31.9 Å². The molecular formula is C17H26N2O2. The van der Waals surface area contributed by atoms with E-state index in [0.717, 1.165) is 25.4 Å². The molecule has 3 rings (SSSR count). The van der Waals surface area contributed by atoms with E-state index in [1.807, 2.05) is 24.4 Å². The Labute approximate surface area is 127 Å². The number of aromatic nitrogens is 1. The van der Waals surface area contributed by atoms with Crippen LogP contribution in [0.3, 0.4) is 0 Å². The Hall–Kier alpha value is -0.970. The Morgan fingerprint density at radius 1 is 1.43 bits per heavy atom. The largest absolute Gasteiger partial charge is 0.374 e. The first-order chi connectivity index (χ1) is 10.2. The summed E-state index contributed by atoms with van der Waals surface area (Å²) in [6, 6.07) is 6.49. The van der Waals surface area contributed by atoms with Crippen molar-refractivity contribution in [3.8, 4) is 0 Å². The average Bonchev–Trinajstić information content (AvgIpc) is 2.84. The second-order valence-electron chi connectivity index (χ2n) is 6.56. The zero-order valence-electron chi connectivity index (χ0n) is 13.1.